The van der Waals surface area contributed by atoms with Gasteiger partial charge in [-0.05, 0) is 49.9 Å². The summed E-state index contributed by atoms with van der Waals surface area (Å²) in [5, 5.41) is 23.2. The van der Waals surface area contributed by atoms with Crippen LogP contribution in [0.3, 0.4) is 0 Å². The molecule has 2 rings (SSSR count). The lowest BCUT2D eigenvalue weighted by molar-refractivity contribution is 0.101. The highest BCUT2D eigenvalue weighted by Gasteiger charge is 2.19. The van der Waals surface area contributed by atoms with Crippen LogP contribution in [0, 0.1) is 5.92 Å². The van der Waals surface area contributed by atoms with Crippen molar-refractivity contribution in [1.82, 2.24) is 5.32 Å². The number of hydrogen-bond acceptors (Lipinski definition) is 3. The third-order valence-electron chi connectivity index (χ3n) is 3.55. The van der Waals surface area contributed by atoms with Gasteiger partial charge in [-0.2, -0.15) is 0 Å². The van der Waals surface area contributed by atoms with E-state index in [4.69, 9.17) is 11.6 Å². The molecular weight excluding hydrogens is 250 g/mol. The average Bonchev–Trinajstić information content (AvgIpc) is 2.34. The Kier molecular flexibility index (Phi) is 4.87. The second-order valence-corrected chi connectivity index (χ2v) is 5.53. The Balaban J connectivity index is 1.79. The predicted molar refractivity (Wildman–Crippen MR) is 72.8 cm³/mol. The van der Waals surface area contributed by atoms with Crippen molar-refractivity contribution in [2.75, 3.05) is 6.54 Å². The van der Waals surface area contributed by atoms with Crippen LogP contribution in [-0.4, -0.2) is 22.9 Å². The number of aliphatic hydroxyl groups excluding tert-OH is 1. The number of rotatable bonds is 4. The van der Waals surface area contributed by atoms with Crippen molar-refractivity contribution in [2.45, 2.75) is 38.3 Å². The molecule has 0 amide bonds. The molecule has 0 heterocycles. The van der Waals surface area contributed by atoms with Crippen molar-refractivity contribution < 1.29 is 10.2 Å². The molecule has 0 aliphatic heterocycles. The van der Waals surface area contributed by atoms with E-state index in [1.54, 1.807) is 18.2 Å². The van der Waals surface area contributed by atoms with Crippen molar-refractivity contribution in [3.05, 3.63) is 28.8 Å². The van der Waals surface area contributed by atoms with E-state index >= 15 is 0 Å². The van der Waals surface area contributed by atoms with E-state index in [0.717, 1.165) is 31.4 Å². The molecule has 1 aliphatic carbocycles. The number of hydrogen-bond donors (Lipinski definition) is 3. The number of aromatic hydroxyl groups is 1. The van der Waals surface area contributed by atoms with E-state index in [1.165, 1.54) is 6.42 Å². The Hall–Kier alpha value is -0.770. The Morgan fingerprint density at radius 1 is 1.33 bits per heavy atom. The SMILES string of the molecule is Oc1ccc(Cl)cc1CNCC1CCCC(O)C1. The highest BCUT2D eigenvalue weighted by Crippen LogP contribution is 2.24. The summed E-state index contributed by atoms with van der Waals surface area (Å²) >= 11 is 5.89. The first-order chi connectivity index (χ1) is 8.65. The van der Waals surface area contributed by atoms with Gasteiger partial charge in [0, 0.05) is 17.1 Å². The minimum absolute atomic E-state index is 0.134. The Labute approximate surface area is 113 Å². The molecule has 0 saturated heterocycles. The fraction of sp³-hybridized carbons (Fsp3) is 0.571. The van der Waals surface area contributed by atoms with Crippen LogP contribution in [-0.2, 0) is 6.54 Å². The van der Waals surface area contributed by atoms with Crippen LogP contribution in [0.5, 0.6) is 5.75 Å². The summed E-state index contributed by atoms with van der Waals surface area (Å²) in [6.45, 7) is 1.49. The fourth-order valence-electron chi connectivity index (χ4n) is 2.55. The molecule has 0 aromatic heterocycles. The molecule has 0 radical (unpaired) electrons. The zero-order valence-corrected chi connectivity index (χ0v) is 11.2. The zero-order chi connectivity index (χ0) is 13.0. The van der Waals surface area contributed by atoms with Crippen molar-refractivity contribution in [3.63, 3.8) is 0 Å². The van der Waals surface area contributed by atoms with Gasteiger partial charge < -0.3 is 15.5 Å². The van der Waals surface area contributed by atoms with Crippen LogP contribution in [0.15, 0.2) is 18.2 Å². The molecule has 0 spiro atoms. The predicted octanol–water partition coefficient (Wildman–Crippen LogP) is 2.69. The maximum Gasteiger partial charge on any atom is 0.120 e. The molecule has 3 nitrogen and oxygen atoms in total. The smallest absolute Gasteiger partial charge is 0.120 e. The minimum atomic E-state index is -0.134. The second kappa shape index (κ2) is 6.41. The molecule has 100 valence electrons. The second-order valence-electron chi connectivity index (χ2n) is 5.09. The summed E-state index contributed by atoms with van der Waals surface area (Å²) in [5.41, 5.74) is 0.818. The molecule has 1 aromatic rings. The average molecular weight is 270 g/mol. The molecule has 3 N–H and O–H groups in total. The fourth-order valence-corrected chi connectivity index (χ4v) is 2.75. The lowest BCUT2D eigenvalue weighted by atomic mass is 9.87. The van der Waals surface area contributed by atoms with E-state index in [0.29, 0.717) is 17.5 Å². The van der Waals surface area contributed by atoms with Crippen LogP contribution in [0.25, 0.3) is 0 Å². The van der Waals surface area contributed by atoms with Gasteiger partial charge in [0.2, 0.25) is 0 Å². The van der Waals surface area contributed by atoms with E-state index in [2.05, 4.69) is 5.32 Å². The normalized spacial score (nSPS) is 24.1. The molecule has 2 unspecified atom stereocenters. The summed E-state index contributed by atoms with van der Waals surface area (Å²) in [6.07, 6.45) is 3.96. The molecule has 2 atom stereocenters. The monoisotopic (exact) mass is 269 g/mol. The van der Waals surface area contributed by atoms with Crippen LogP contribution in [0.2, 0.25) is 5.02 Å². The Morgan fingerprint density at radius 2 is 2.17 bits per heavy atom. The summed E-state index contributed by atoms with van der Waals surface area (Å²) in [5.74, 6) is 0.811. The first-order valence-corrected chi connectivity index (χ1v) is 6.89. The van der Waals surface area contributed by atoms with Crippen LogP contribution in [0.4, 0.5) is 0 Å². The molecular formula is C14H20ClNO2. The van der Waals surface area contributed by atoms with Crippen LogP contribution < -0.4 is 5.32 Å². The summed E-state index contributed by atoms with van der Waals surface area (Å²) < 4.78 is 0. The number of benzene rings is 1. The summed E-state index contributed by atoms with van der Waals surface area (Å²) in [4.78, 5) is 0. The van der Waals surface area contributed by atoms with Gasteiger partial charge in [-0.1, -0.05) is 18.0 Å². The molecule has 1 fully saturated rings. The van der Waals surface area contributed by atoms with E-state index in [9.17, 15) is 10.2 Å². The lowest BCUT2D eigenvalue weighted by Gasteiger charge is -2.26. The third kappa shape index (κ3) is 3.87. The number of phenolic OH excluding ortho intramolecular Hbond substituents is 1. The Bertz CT molecular complexity index is 397. The van der Waals surface area contributed by atoms with Gasteiger partial charge in [0.05, 0.1) is 6.10 Å². The van der Waals surface area contributed by atoms with Gasteiger partial charge in [0.15, 0.2) is 0 Å². The summed E-state index contributed by atoms with van der Waals surface area (Å²) in [7, 11) is 0. The first kappa shape index (κ1) is 13.7. The van der Waals surface area contributed by atoms with Gasteiger partial charge in [-0.15, -0.1) is 0 Å². The van der Waals surface area contributed by atoms with Crippen LogP contribution in [0.1, 0.15) is 31.2 Å². The largest absolute Gasteiger partial charge is 0.508 e. The van der Waals surface area contributed by atoms with Crippen molar-refractivity contribution in [2.24, 2.45) is 5.92 Å². The van der Waals surface area contributed by atoms with E-state index in [-0.39, 0.29) is 11.9 Å². The molecule has 1 aliphatic rings. The number of halogens is 1. The zero-order valence-electron chi connectivity index (χ0n) is 10.4. The highest BCUT2D eigenvalue weighted by atomic mass is 35.5. The molecule has 1 saturated carbocycles. The number of phenols is 1. The van der Waals surface area contributed by atoms with Crippen molar-refractivity contribution in [3.8, 4) is 5.75 Å². The minimum Gasteiger partial charge on any atom is -0.508 e. The highest BCUT2D eigenvalue weighted by molar-refractivity contribution is 6.30. The van der Waals surface area contributed by atoms with Gasteiger partial charge in [-0.25, -0.2) is 0 Å². The summed E-state index contributed by atoms with van der Waals surface area (Å²) in [6, 6.07) is 5.07. The molecule has 18 heavy (non-hydrogen) atoms. The topological polar surface area (TPSA) is 52.5 Å². The lowest BCUT2D eigenvalue weighted by Crippen LogP contribution is -2.28. The van der Waals surface area contributed by atoms with E-state index < -0.39 is 0 Å². The number of aliphatic hydroxyl groups is 1. The maximum absolute atomic E-state index is 9.68. The third-order valence-corrected chi connectivity index (χ3v) is 3.78. The number of nitrogens with one attached hydrogen (secondary N) is 1. The van der Waals surface area contributed by atoms with Gasteiger partial charge in [0.1, 0.15) is 5.75 Å². The van der Waals surface area contributed by atoms with Crippen LogP contribution >= 0.6 is 11.6 Å². The Morgan fingerprint density at radius 3 is 2.94 bits per heavy atom. The van der Waals surface area contributed by atoms with Gasteiger partial charge in [0.25, 0.3) is 0 Å². The molecule has 4 heteroatoms. The quantitative estimate of drug-likeness (QED) is 0.788. The van der Waals surface area contributed by atoms with Gasteiger partial charge >= 0.3 is 0 Å². The van der Waals surface area contributed by atoms with Crippen molar-refractivity contribution >= 4 is 11.6 Å². The van der Waals surface area contributed by atoms with Crippen molar-refractivity contribution in [1.29, 1.82) is 0 Å². The molecule has 0 bridgehead atoms. The van der Waals surface area contributed by atoms with Gasteiger partial charge in [-0.3, -0.25) is 0 Å². The molecule has 1 aromatic carbocycles. The standard InChI is InChI=1S/C14H20ClNO2/c15-12-4-5-14(18)11(7-12)9-16-8-10-2-1-3-13(17)6-10/h4-5,7,10,13,16-18H,1-3,6,8-9H2. The van der Waals surface area contributed by atoms with E-state index in [1.807, 2.05) is 0 Å². The first-order valence-electron chi connectivity index (χ1n) is 6.51. The maximum atomic E-state index is 9.68.